The van der Waals surface area contributed by atoms with Gasteiger partial charge in [0.2, 0.25) is 0 Å². The highest BCUT2D eigenvalue weighted by atomic mass is 32.2. The van der Waals surface area contributed by atoms with Gasteiger partial charge in [0.25, 0.3) is 5.91 Å². The number of aliphatic hydroxyl groups excluding tert-OH is 1. The first-order chi connectivity index (χ1) is 11.6. The lowest BCUT2D eigenvalue weighted by Gasteiger charge is -2.30. The van der Waals surface area contributed by atoms with Gasteiger partial charge in [0, 0.05) is 54.1 Å². The van der Waals surface area contributed by atoms with Crippen LogP contribution < -0.4 is 5.32 Å². The van der Waals surface area contributed by atoms with Gasteiger partial charge in [0.1, 0.15) is 11.6 Å². The lowest BCUT2D eigenvalue weighted by atomic mass is 10.1. The number of nitrogens with one attached hydrogen (secondary N) is 1. The number of amides is 1. The Kier molecular flexibility index (Phi) is 6.97. The topological polar surface area (TPSA) is 93.4 Å². The van der Waals surface area contributed by atoms with Crippen molar-refractivity contribution in [1.82, 2.24) is 10.2 Å². The average molecular weight is 347 g/mol. The van der Waals surface area contributed by atoms with Crippen LogP contribution in [0.2, 0.25) is 0 Å². The van der Waals surface area contributed by atoms with Crippen molar-refractivity contribution in [3.8, 4) is 6.07 Å². The minimum atomic E-state index is -0.704. The minimum absolute atomic E-state index is 0.00423. The fourth-order valence-electron chi connectivity index (χ4n) is 2.47. The van der Waals surface area contributed by atoms with Crippen LogP contribution in [0.4, 0.5) is 0 Å². The number of allylic oxidation sites excluding steroid dienone is 6. The van der Waals surface area contributed by atoms with Crippen LogP contribution in [0, 0.1) is 11.3 Å². The van der Waals surface area contributed by atoms with Crippen molar-refractivity contribution in [2.24, 2.45) is 0 Å². The highest BCUT2D eigenvalue weighted by molar-refractivity contribution is 7.85. The lowest BCUT2D eigenvalue weighted by Crippen LogP contribution is -2.36. The van der Waals surface area contributed by atoms with E-state index in [1.807, 2.05) is 30.4 Å². The Balaban J connectivity index is 2.10. The van der Waals surface area contributed by atoms with E-state index in [9.17, 15) is 9.00 Å². The van der Waals surface area contributed by atoms with Crippen molar-refractivity contribution in [3.05, 3.63) is 47.2 Å². The molecule has 0 radical (unpaired) electrons. The molecule has 0 unspecified atom stereocenters. The van der Waals surface area contributed by atoms with E-state index in [-0.39, 0.29) is 18.7 Å². The molecule has 1 saturated heterocycles. The van der Waals surface area contributed by atoms with E-state index in [0.717, 1.165) is 30.8 Å². The van der Waals surface area contributed by atoms with E-state index in [1.165, 1.54) is 6.08 Å². The fraction of sp³-hybridized carbons (Fsp3) is 0.412. The molecule has 1 aliphatic carbocycles. The van der Waals surface area contributed by atoms with Gasteiger partial charge in [-0.1, -0.05) is 18.2 Å². The Bertz CT molecular complexity index is 661. The Labute approximate surface area is 144 Å². The summed E-state index contributed by atoms with van der Waals surface area (Å²) in [5, 5.41) is 20.3. The van der Waals surface area contributed by atoms with Gasteiger partial charge in [-0.05, 0) is 17.7 Å². The molecule has 2 aliphatic rings. The predicted molar refractivity (Wildman–Crippen MR) is 93.2 cm³/mol. The van der Waals surface area contributed by atoms with Gasteiger partial charge in [-0.3, -0.25) is 9.00 Å². The largest absolute Gasteiger partial charge is 0.395 e. The molecule has 0 spiro atoms. The van der Waals surface area contributed by atoms with E-state index < -0.39 is 16.7 Å². The van der Waals surface area contributed by atoms with Crippen LogP contribution in [0.15, 0.2) is 47.2 Å². The van der Waals surface area contributed by atoms with Crippen molar-refractivity contribution < 1.29 is 14.1 Å². The number of carbonyl (C=O) groups excluding carboxylic acids is 1. The molecule has 7 heteroatoms. The maximum Gasteiger partial charge on any atom is 0.262 e. The molecule has 0 bridgehead atoms. The first-order valence-electron chi connectivity index (χ1n) is 7.82. The molecule has 0 atom stereocenters. The summed E-state index contributed by atoms with van der Waals surface area (Å²) in [5.74, 6) is 0.898. The van der Waals surface area contributed by atoms with Crippen LogP contribution in [-0.4, -0.2) is 57.9 Å². The van der Waals surface area contributed by atoms with Crippen molar-refractivity contribution in [1.29, 1.82) is 5.26 Å². The fourth-order valence-corrected chi connectivity index (χ4v) is 3.52. The molecule has 2 N–H and O–H groups in total. The van der Waals surface area contributed by atoms with E-state index in [4.69, 9.17) is 10.4 Å². The zero-order valence-corrected chi connectivity index (χ0v) is 14.2. The molecule has 128 valence electrons. The van der Waals surface area contributed by atoms with Crippen LogP contribution in [0.1, 0.15) is 6.42 Å². The normalized spacial score (nSPS) is 19.2. The van der Waals surface area contributed by atoms with Gasteiger partial charge in [-0.2, -0.15) is 5.26 Å². The molecule has 1 aliphatic heterocycles. The Hall–Kier alpha value is -2.17. The summed E-state index contributed by atoms with van der Waals surface area (Å²) in [6.07, 6.45) is 10.0. The average Bonchev–Trinajstić information content (AvgIpc) is 2.83. The number of hydrogen-bond donors (Lipinski definition) is 2. The van der Waals surface area contributed by atoms with Gasteiger partial charge in [-0.25, -0.2) is 0 Å². The second kappa shape index (κ2) is 9.21. The molecule has 1 fully saturated rings. The summed E-state index contributed by atoms with van der Waals surface area (Å²) in [6, 6.07) is 1.89. The Morgan fingerprint density at radius 3 is 2.83 bits per heavy atom. The Morgan fingerprint density at radius 2 is 2.17 bits per heavy atom. The summed E-state index contributed by atoms with van der Waals surface area (Å²) in [7, 11) is -0.704. The van der Waals surface area contributed by atoms with E-state index >= 15 is 0 Å². The molecule has 0 aromatic rings. The smallest absolute Gasteiger partial charge is 0.262 e. The summed E-state index contributed by atoms with van der Waals surface area (Å²) < 4.78 is 11.5. The predicted octanol–water partition coefficient (Wildman–Crippen LogP) is 0.379. The molecule has 6 nitrogen and oxygen atoms in total. The maximum absolute atomic E-state index is 11.8. The summed E-state index contributed by atoms with van der Waals surface area (Å²) >= 11 is 0. The highest BCUT2D eigenvalue weighted by Crippen LogP contribution is 2.18. The van der Waals surface area contributed by atoms with Crippen LogP contribution >= 0.6 is 0 Å². The number of rotatable bonds is 5. The third-order valence-electron chi connectivity index (χ3n) is 3.76. The number of nitriles is 1. The number of nitrogens with zero attached hydrogens (tertiary/aromatic N) is 2. The van der Waals surface area contributed by atoms with Crippen molar-refractivity contribution in [3.63, 3.8) is 0 Å². The number of hydrogen-bond acceptors (Lipinski definition) is 5. The summed E-state index contributed by atoms with van der Waals surface area (Å²) in [4.78, 5) is 14.0. The molecule has 0 aromatic heterocycles. The van der Waals surface area contributed by atoms with Crippen molar-refractivity contribution in [2.45, 2.75) is 6.42 Å². The number of aliphatic hydroxyl groups is 1. The highest BCUT2D eigenvalue weighted by Gasteiger charge is 2.17. The summed E-state index contributed by atoms with van der Waals surface area (Å²) in [6.45, 7) is 1.53. The van der Waals surface area contributed by atoms with E-state index in [0.29, 0.717) is 11.5 Å². The maximum atomic E-state index is 11.8. The minimum Gasteiger partial charge on any atom is -0.395 e. The molecule has 1 heterocycles. The quantitative estimate of drug-likeness (QED) is 0.554. The lowest BCUT2D eigenvalue weighted by molar-refractivity contribution is -0.117. The van der Waals surface area contributed by atoms with Crippen LogP contribution in [0.3, 0.4) is 0 Å². The van der Waals surface area contributed by atoms with Crippen LogP contribution in [0.5, 0.6) is 0 Å². The van der Waals surface area contributed by atoms with E-state index in [1.54, 1.807) is 0 Å². The molecule has 2 rings (SSSR count). The standard InChI is InChI=1S/C17H21N3O3S/c18-13-15(17(22)19-6-9-21)12-14-2-1-3-16(5-4-14)20-7-10-24(23)11-8-20/h1-2,4-5,12,21H,3,6-11H2,(H,19,22)/b15-12+. The van der Waals surface area contributed by atoms with Crippen molar-refractivity contribution >= 4 is 16.7 Å². The molecule has 0 saturated carbocycles. The SMILES string of the molecule is N#C/C(=C\C1=CC=C(N2CCS(=O)CC2)CC=C1)C(=O)NCCO. The van der Waals surface area contributed by atoms with Gasteiger partial charge >= 0.3 is 0 Å². The molecule has 24 heavy (non-hydrogen) atoms. The Morgan fingerprint density at radius 1 is 1.42 bits per heavy atom. The van der Waals surface area contributed by atoms with Crippen LogP contribution in [-0.2, 0) is 15.6 Å². The van der Waals surface area contributed by atoms with Gasteiger partial charge in [-0.15, -0.1) is 0 Å². The molecular weight excluding hydrogens is 326 g/mol. The van der Waals surface area contributed by atoms with Crippen molar-refractivity contribution in [2.75, 3.05) is 37.7 Å². The first-order valence-corrected chi connectivity index (χ1v) is 9.31. The number of carbonyl (C=O) groups is 1. The molecule has 0 aromatic carbocycles. The zero-order chi connectivity index (χ0) is 17.4. The monoisotopic (exact) mass is 347 g/mol. The van der Waals surface area contributed by atoms with E-state index in [2.05, 4.69) is 10.2 Å². The molecule has 1 amide bonds. The first kappa shape index (κ1) is 18.2. The molecular formula is C17H21N3O3S. The third kappa shape index (κ3) is 5.18. The second-order valence-corrected chi connectivity index (χ2v) is 7.11. The van der Waals surface area contributed by atoms with Gasteiger partial charge in [0.05, 0.1) is 6.61 Å². The van der Waals surface area contributed by atoms with Crippen LogP contribution in [0.25, 0.3) is 0 Å². The second-order valence-electron chi connectivity index (χ2n) is 5.42. The van der Waals surface area contributed by atoms with Gasteiger partial charge < -0.3 is 15.3 Å². The zero-order valence-electron chi connectivity index (χ0n) is 13.4. The summed E-state index contributed by atoms with van der Waals surface area (Å²) in [5.41, 5.74) is 1.92. The van der Waals surface area contributed by atoms with Gasteiger partial charge in [0.15, 0.2) is 0 Å². The third-order valence-corrected chi connectivity index (χ3v) is 5.04.